The van der Waals surface area contributed by atoms with Crippen LogP contribution in [0.25, 0.3) is 0 Å². The molecule has 102 valence electrons. The van der Waals surface area contributed by atoms with Crippen LogP contribution in [0.3, 0.4) is 0 Å². The van der Waals surface area contributed by atoms with Gasteiger partial charge in [-0.2, -0.15) is 13.2 Å². The molecule has 1 atom stereocenters. The summed E-state index contributed by atoms with van der Waals surface area (Å²) in [5, 5.41) is 0.928. The molecule has 0 saturated carbocycles. The van der Waals surface area contributed by atoms with Crippen LogP contribution in [0.2, 0.25) is 0 Å². The quantitative estimate of drug-likeness (QED) is 0.676. The minimum absolute atomic E-state index is 0.274. The van der Waals surface area contributed by atoms with E-state index in [9.17, 15) is 13.2 Å². The van der Waals surface area contributed by atoms with Crippen LogP contribution in [-0.2, 0) is 6.18 Å². The first-order valence-electron chi connectivity index (χ1n) is 5.79. The van der Waals surface area contributed by atoms with Gasteiger partial charge in [-0.15, -0.1) is 0 Å². The first-order valence-corrected chi connectivity index (χ1v) is 6.91. The third-order valence-electron chi connectivity index (χ3n) is 2.64. The molecule has 0 aromatic heterocycles. The van der Waals surface area contributed by atoms with E-state index in [0.29, 0.717) is 12.5 Å². The zero-order valence-corrected chi connectivity index (χ0v) is 11.7. The summed E-state index contributed by atoms with van der Waals surface area (Å²) in [5.74, 6) is 0.769. The zero-order valence-electron chi connectivity index (χ0n) is 10.1. The Balaban J connectivity index is 2.48. The summed E-state index contributed by atoms with van der Waals surface area (Å²) in [5.41, 5.74) is -0.673. The molecule has 1 aromatic carbocycles. The Labute approximate surface area is 113 Å². The van der Waals surface area contributed by atoms with Crippen molar-refractivity contribution in [1.29, 1.82) is 0 Å². The number of hydrogen-bond acceptors (Lipinski definition) is 1. The average Bonchev–Trinajstić information content (AvgIpc) is 2.29. The molecule has 1 unspecified atom stereocenters. The van der Waals surface area contributed by atoms with Gasteiger partial charge in [-0.1, -0.05) is 28.9 Å². The fourth-order valence-electron chi connectivity index (χ4n) is 1.47. The van der Waals surface area contributed by atoms with Gasteiger partial charge in [0.25, 0.3) is 0 Å². The second-order valence-corrected chi connectivity index (χ2v) is 5.04. The number of benzene rings is 1. The summed E-state index contributed by atoms with van der Waals surface area (Å²) in [4.78, 5) is 0. The Morgan fingerprint density at radius 1 is 1.28 bits per heavy atom. The monoisotopic (exact) mass is 324 g/mol. The second-order valence-electron chi connectivity index (χ2n) is 4.25. The fraction of sp³-hybridized carbons (Fsp3) is 0.538. The SMILES string of the molecule is CC(CCBr)CCOc1cccc(C(F)(F)F)c1. The van der Waals surface area contributed by atoms with Gasteiger partial charge in [-0.25, -0.2) is 0 Å². The predicted octanol–water partition coefficient (Wildman–Crippen LogP) is 4.90. The summed E-state index contributed by atoms with van der Waals surface area (Å²) < 4.78 is 42.7. The second kappa shape index (κ2) is 7.02. The minimum Gasteiger partial charge on any atom is -0.494 e. The van der Waals surface area contributed by atoms with Crippen LogP contribution in [0.1, 0.15) is 25.3 Å². The Kier molecular flexibility index (Phi) is 5.99. The zero-order chi connectivity index (χ0) is 13.6. The molecule has 0 fully saturated rings. The molecule has 0 bridgehead atoms. The van der Waals surface area contributed by atoms with Gasteiger partial charge >= 0.3 is 6.18 Å². The van der Waals surface area contributed by atoms with Crippen LogP contribution in [-0.4, -0.2) is 11.9 Å². The van der Waals surface area contributed by atoms with E-state index in [1.54, 1.807) is 6.07 Å². The lowest BCUT2D eigenvalue weighted by Crippen LogP contribution is -2.07. The molecule has 0 aliphatic heterocycles. The molecular weight excluding hydrogens is 309 g/mol. The largest absolute Gasteiger partial charge is 0.494 e. The van der Waals surface area contributed by atoms with E-state index >= 15 is 0 Å². The van der Waals surface area contributed by atoms with Crippen LogP contribution >= 0.6 is 15.9 Å². The smallest absolute Gasteiger partial charge is 0.416 e. The molecule has 0 N–H and O–H groups in total. The molecular formula is C13H16BrF3O. The van der Waals surface area contributed by atoms with Gasteiger partial charge in [0.1, 0.15) is 5.75 Å². The highest BCUT2D eigenvalue weighted by Crippen LogP contribution is 2.31. The van der Waals surface area contributed by atoms with E-state index < -0.39 is 11.7 Å². The number of halogens is 4. The summed E-state index contributed by atoms with van der Waals surface area (Å²) in [6.07, 6.45) is -2.45. The van der Waals surface area contributed by atoms with Gasteiger partial charge in [-0.3, -0.25) is 0 Å². The van der Waals surface area contributed by atoms with E-state index in [1.807, 2.05) is 0 Å². The molecule has 5 heteroatoms. The van der Waals surface area contributed by atoms with Crippen molar-refractivity contribution < 1.29 is 17.9 Å². The molecule has 18 heavy (non-hydrogen) atoms. The van der Waals surface area contributed by atoms with Crippen molar-refractivity contribution in [3.05, 3.63) is 29.8 Å². The Bertz CT molecular complexity index is 365. The Hall–Kier alpha value is -0.710. The highest BCUT2D eigenvalue weighted by molar-refractivity contribution is 9.09. The van der Waals surface area contributed by atoms with Crippen LogP contribution in [0, 0.1) is 5.92 Å². The van der Waals surface area contributed by atoms with Gasteiger partial charge in [0.05, 0.1) is 12.2 Å². The lowest BCUT2D eigenvalue weighted by Gasteiger charge is -2.12. The van der Waals surface area contributed by atoms with Gasteiger partial charge in [0.15, 0.2) is 0 Å². The number of alkyl halides is 4. The van der Waals surface area contributed by atoms with Crippen molar-refractivity contribution in [3.8, 4) is 5.75 Å². The van der Waals surface area contributed by atoms with Crippen molar-refractivity contribution in [2.45, 2.75) is 25.9 Å². The van der Waals surface area contributed by atoms with E-state index in [2.05, 4.69) is 22.9 Å². The maximum Gasteiger partial charge on any atom is 0.416 e. The highest BCUT2D eigenvalue weighted by Gasteiger charge is 2.30. The van der Waals surface area contributed by atoms with Crippen molar-refractivity contribution in [1.82, 2.24) is 0 Å². The van der Waals surface area contributed by atoms with Crippen LogP contribution in [0.4, 0.5) is 13.2 Å². The molecule has 0 amide bonds. The van der Waals surface area contributed by atoms with Gasteiger partial charge < -0.3 is 4.74 Å². The number of ether oxygens (including phenoxy) is 1. The molecule has 0 aliphatic rings. The minimum atomic E-state index is -4.32. The first-order chi connectivity index (χ1) is 8.43. The Morgan fingerprint density at radius 3 is 2.61 bits per heavy atom. The summed E-state index contributed by atoms with van der Waals surface area (Å²) in [6, 6.07) is 4.99. The van der Waals surface area contributed by atoms with Crippen LogP contribution < -0.4 is 4.74 Å². The maximum atomic E-state index is 12.5. The molecule has 1 aromatic rings. The Morgan fingerprint density at radius 2 is 2.00 bits per heavy atom. The first kappa shape index (κ1) is 15.3. The molecule has 0 saturated heterocycles. The fourth-order valence-corrected chi connectivity index (χ4v) is 2.25. The molecule has 0 aliphatic carbocycles. The highest BCUT2D eigenvalue weighted by atomic mass is 79.9. The van der Waals surface area contributed by atoms with E-state index in [0.717, 1.165) is 30.3 Å². The third-order valence-corrected chi connectivity index (χ3v) is 3.10. The topological polar surface area (TPSA) is 9.23 Å². The van der Waals surface area contributed by atoms with Gasteiger partial charge in [0.2, 0.25) is 0 Å². The summed E-state index contributed by atoms with van der Waals surface area (Å²) >= 11 is 3.35. The number of hydrogen-bond donors (Lipinski definition) is 0. The predicted molar refractivity (Wildman–Crippen MR) is 69.1 cm³/mol. The standard InChI is InChI=1S/C13H16BrF3O/c1-10(5-7-14)6-8-18-12-4-2-3-11(9-12)13(15,16)17/h2-4,9-10H,5-8H2,1H3. The van der Waals surface area contributed by atoms with Crippen LogP contribution in [0.5, 0.6) is 5.75 Å². The van der Waals surface area contributed by atoms with Crippen molar-refractivity contribution >= 4 is 15.9 Å². The lowest BCUT2D eigenvalue weighted by atomic mass is 10.1. The molecule has 0 heterocycles. The van der Waals surface area contributed by atoms with E-state index in [4.69, 9.17) is 4.74 Å². The molecule has 1 rings (SSSR count). The van der Waals surface area contributed by atoms with Gasteiger partial charge in [-0.05, 0) is 37.0 Å². The van der Waals surface area contributed by atoms with Crippen LogP contribution in [0.15, 0.2) is 24.3 Å². The average molecular weight is 325 g/mol. The lowest BCUT2D eigenvalue weighted by molar-refractivity contribution is -0.137. The summed E-state index contributed by atoms with van der Waals surface area (Å²) in [7, 11) is 0. The third kappa shape index (κ3) is 5.29. The van der Waals surface area contributed by atoms with Crippen molar-refractivity contribution in [2.24, 2.45) is 5.92 Å². The molecule has 1 nitrogen and oxygen atoms in total. The number of rotatable bonds is 6. The van der Waals surface area contributed by atoms with Crippen molar-refractivity contribution in [3.63, 3.8) is 0 Å². The normalized spacial score (nSPS) is 13.4. The van der Waals surface area contributed by atoms with Crippen molar-refractivity contribution in [2.75, 3.05) is 11.9 Å². The summed E-state index contributed by atoms with van der Waals surface area (Å²) in [6.45, 7) is 2.53. The molecule has 0 spiro atoms. The molecule has 0 radical (unpaired) electrons. The van der Waals surface area contributed by atoms with E-state index in [1.165, 1.54) is 6.07 Å². The van der Waals surface area contributed by atoms with E-state index in [-0.39, 0.29) is 5.75 Å². The maximum absolute atomic E-state index is 12.5. The van der Waals surface area contributed by atoms with Gasteiger partial charge in [0, 0.05) is 5.33 Å².